The molecule has 30 heavy (non-hydrogen) atoms. The van der Waals surface area contributed by atoms with Crippen LogP contribution in [0, 0.1) is 20.8 Å². The van der Waals surface area contributed by atoms with Gasteiger partial charge in [-0.05, 0) is 58.0 Å². The van der Waals surface area contributed by atoms with Crippen LogP contribution >= 0.6 is 0 Å². The second kappa shape index (κ2) is 7.62. The molecule has 0 fully saturated rings. The molecule has 0 aliphatic carbocycles. The summed E-state index contributed by atoms with van der Waals surface area (Å²) in [6.07, 6.45) is 0. The molecule has 1 N–H and O–H groups in total. The first-order valence-corrected chi connectivity index (χ1v) is 9.78. The van der Waals surface area contributed by atoms with Crippen molar-refractivity contribution in [1.82, 2.24) is 24.5 Å². The number of benzene rings is 1. The summed E-state index contributed by atoms with van der Waals surface area (Å²) in [4.78, 5) is 17.9. The summed E-state index contributed by atoms with van der Waals surface area (Å²) in [5.41, 5.74) is 4.44. The maximum absolute atomic E-state index is 13.3. The minimum atomic E-state index is -0.223. The molecular formula is C22H24N6O2. The van der Waals surface area contributed by atoms with E-state index in [4.69, 9.17) is 4.74 Å². The molecule has 0 saturated heterocycles. The van der Waals surface area contributed by atoms with E-state index in [0.717, 1.165) is 39.6 Å². The zero-order valence-corrected chi connectivity index (χ0v) is 17.7. The van der Waals surface area contributed by atoms with Crippen LogP contribution in [0.5, 0.6) is 5.75 Å². The van der Waals surface area contributed by atoms with Crippen LogP contribution in [0.2, 0.25) is 0 Å². The van der Waals surface area contributed by atoms with Crippen molar-refractivity contribution >= 4 is 22.8 Å². The maximum Gasteiger partial charge on any atom is 0.257 e. The lowest BCUT2D eigenvalue weighted by atomic mass is 10.1. The van der Waals surface area contributed by atoms with Gasteiger partial charge in [0.2, 0.25) is 0 Å². The Morgan fingerprint density at radius 1 is 1.07 bits per heavy atom. The van der Waals surface area contributed by atoms with Gasteiger partial charge in [0, 0.05) is 18.3 Å². The van der Waals surface area contributed by atoms with Crippen molar-refractivity contribution in [2.24, 2.45) is 0 Å². The number of nitrogens with zero attached hydrogens (tertiary/aromatic N) is 5. The number of hydrogen-bond acceptors (Lipinski definition) is 5. The number of amides is 1. The van der Waals surface area contributed by atoms with Gasteiger partial charge in [-0.25, -0.2) is 14.3 Å². The van der Waals surface area contributed by atoms with E-state index >= 15 is 0 Å². The lowest BCUT2D eigenvalue weighted by molar-refractivity contribution is 0.102. The van der Waals surface area contributed by atoms with Crippen LogP contribution in [0.4, 0.5) is 5.82 Å². The van der Waals surface area contributed by atoms with Crippen molar-refractivity contribution < 1.29 is 9.53 Å². The first-order chi connectivity index (χ1) is 14.4. The molecule has 3 heterocycles. The maximum atomic E-state index is 13.3. The van der Waals surface area contributed by atoms with Gasteiger partial charge in [0.15, 0.2) is 5.65 Å². The molecule has 1 amide bonds. The predicted molar refractivity (Wildman–Crippen MR) is 115 cm³/mol. The van der Waals surface area contributed by atoms with Gasteiger partial charge >= 0.3 is 0 Å². The number of methoxy groups -OCH3 is 1. The lowest BCUT2D eigenvalue weighted by Crippen LogP contribution is -2.16. The Labute approximate surface area is 174 Å². The third kappa shape index (κ3) is 3.41. The number of aryl methyl sites for hydroxylation is 4. The number of rotatable bonds is 5. The molecule has 0 aliphatic rings. The van der Waals surface area contributed by atoms with Crippen LogP contribution in [-0.2, 0) is 6.54 Å². The van der Waals surface area contributed by atoms with E-state index in [1.165, 1.54) is 0 Å². The highest BCUT2D eigenvalue weighted by atomic mass is 16.5. The Kier molecular flexibility index (Phi) is 4.99. The SMILES string of the molecule is CCn1nc(C)c2c(C(=O)Nc3cc(C)nn3-c3ccc(OC)cc3)cc(C)nc21. The molecule has 4 aromatic rings. The van der Waals surface area contributed by atoms with Crippen LogP contribution in [0.15, 0.2) is 36.4 Å². The van der Waals surface area contributed by atoms with Crippen molar-refractivity contribution in [3.8, 4) is 11.4 Å². The molecule has 0 spiro atoms. The van der Waals surface area contributed by atoms with Crippen molar-refractivity contribution in [2.75, 3.05) is 12.4 Å². The predicted octanol–water partition coefficient (Wildman–Crippen LogP) is 3.82. The topological polar surface area (TPSA) is 86.9 Å². The Morgan fingerprint density at radius 3 is 2.47 bits per heavy atom. The number of pyridine rings is 1. The van der Waals surface area contributed by atoms with Gasteiger partial charge in [-0.2, -0.15) is 10.2 Å². The average Bonchev–Trinajstić information content (AvgIpc) is 3.26. The number of carbonyl (C=O) groups excluding carboxylic acids is 1. The number of anilines is 1. The third-order valence-electron chi connectivity index (χ3n) is 4.94. The normalized spacial score (nSPS) is 11.1. The summed E-state index contributed by atoms with van der Waals surface area (Å²) in [5, 5.41) is 12.8. The van der Waals surface area contributed by atoms with Crippen LogP contribution in [0.25, 0.3) is 16.7 Å². The Morgan fingerprint density at radius 2 is 1.80 bits per heavy atom. The molecule has 0 radical (unpaired) electrons. The molecule has 0 aliphatic heterocycles. The second-order valence-corrected chi connectivity index (χ2v) is 7.15. The van der Waals surface area contributed by atoms with E-state index in [0.29, 0.717) is 17.9 Å². The Balaban J connectivity index is 1.74. The fraction of sp³-hybridized carbons (Fsp3) is 0.273. The summed E-state index contributed by atoms with van der Waals surface area (Å²) in [5.74, 6) is 1.12. The van der Waals surface area contributed by atoms with E-state index in [9.17, 15) is 4.79 Å². The summed E-state index contributed by atoms with van der Waals surface area (Å²) < 4.78 is 8.75. The van der Waals surface area contributed by atoms with E-state index in [1.54, 1.807) is 17.9 Å². The first-order valence-electron chi connectivity index (χ1n) is 9.78. The molecule has 3 aromatic heterocycles. The summed E-state index contributed by atoms with van der Waals surface area (Å²) in [6, 6.07) is 11.1. The minimum Gasteiger partial charge on any atom is -0.497 e. The number of nitrogens with one attached hydrogen (secondary N) is 1. The molecule has 0 bridgehead atoms. The zero-order valence-electron chi connectivity index (χ0n) is 17.7. The number of fused-ring (bicyclic) bond motifs is 1. The fourth-order valence-corrected chi connectivity index (χ4v) is 3.57. The molecular weight excluding hydrogens is 380 g/mol. The molecule has 0 atom stereocenters. The first kappa shape index (κ1) is 19.6. The largest absolute Gasteiger partial charge is 0.497 e. The van der Waals surface area contributed by atoms with Crippen molar-refractivity contribution in [2.45, 2.75) is 34.2 Å². The van der Waals surface area contributed by atoms with Gasteiger partial charge in [-0.1, -0.05) is 0 Å². The van der Waals surface area contributed by atoms with Crippen LogP contribution < -0.4 is 10.1 Å². The minimum absolute atomic E-state index is 0.223. The van der Waals surface area contributed by atoms with Gasteiger partial charge in [0.25, 0.3) is 5.91 Å². The van der Waals surface area contributed by atoms with Gasteiger partial charge in [0.05, 0.1) is 35.1 Å². The Bertz CT molecular complexity index is 1240. The zero-order chi connectivity index (χ0) is 21.4. The monoisotopic (exact) mass is 404 g/mol. The van der Waals surface area contributed by atoms with Gasteiger partial charge in [0.1, 0.15) is 11.6 Å². The molecule has 0 unspecified atom stereocenters. The highest BCUT2D eigenvalue weighted by molar-refractivity contribution is 6.12. The molecule has 1 aromatic carbocycles. The molecule has 8 heteroatoms. The van der Waals surface area contributed by atoms with E-state index < -0.39 is 0 Å². The molecule has 4 rings (SSSR count). The molecule has 154 valence electrons. The van der Waals surface area contributed by atoms with Gasteiger partial charge < -0.3 is 10.1 Å². The van der Waals surface area contributed by atoms with Crippen molar-refractivity contribution in [1.29, 1.82) is 0 Å². The van der Waals surface area contributed by atoms with Crippen LogP contribution in [0.3, 0.4) is 0 Å². The highest BCUT2D eigenvalue weighted by Crippen LogP contribution is 2.25. The Hall–Kier alpha value is -3.68. The quantitative estimate of drug-likeness (QED) is 0.546. The molecule has 8 nitrogen and oxygen atoms in total. The van der Waals surface area contributed by atoms with E-state index in [-0.39, 0.29) is 5.91 Å². The van der Waals surface area contributed by atoms with Crippen molar-refractivity contribution in [3.05, 3.63) is 59.0 Å². The highest BCUT2D eigenvalue weighted by Gasteiger charge is 2.20. The number of carbonyl (C=O) groups is 1. The van der Waals surface area contributed by atoms with E-state index in [1.807, 2.05) is 62.7 Å². The smallest absolute Gasteiger partial charge is 0.257 e. The average molecular weight is 404 g/mol. The lowest BCUT2D eigenvalue weighted by Gasteiger charge is -2.11. The van der Waals surface area contributed by atoms with Crippen molar-refractivity contribution in [3.63, 3.8) is 0 Å². The van der Waals surface area contributed by atoms with Crippen LogP contribution in [-0.4, -0.2) is 37.6 Å². The van der Waals surface area contributed by atoms with E-state index in [2.05, 4.69) is 20.5 Å². The molecule has 0 saturated carbocycles. The fourth-order valence-electron chi connectivity index (χ4n) is 3.57. The second-order valence-electron chi connectivity index (χ2n) is 7.15. The standard InChI is InChI=1S/C22H24N6O2/c1-6-27-21-20(15(4)26-27)18(11-13(2)23-21)22(29)24-19-12-14(3)25-28(19)16-7-9-17(30-5)10-8-16/h7-12H,6H2,1-5H3,(H,24,29). The summed E-state index contributed by atoms with van der Waals surface area (Å²) >= 11 is 0. The number of hydrogen-bond donors (Lipinski definition) is 1. The van der Waals surface area contributed by atoms with Gasteiger partial charge in [-0.15, -0.1) is 0 Å². The van der Waals surface area contributed by atoms with Gasteiger partial charge in [-0.3, -0.25) is 4.79 Å². The summed E-state index contributed by atoms with van der Waals surface area (Å²) in [6.45, 7) is 8.36. The number of ether oxygens (including phenoxy) is 1. The summed E-state index contributed by atoms with van der Waals surface area (Å²) in [7, 11) is 1.62. The third-order valence-corrected chi connectivity index (χ3v) is 4.94. The van der Waals surface area contributed by atoms with Crippen LogP contribution in [0.1, 0.15) is 34.4 Å². The number of aromatic nitrogens is 5.